The zero-order chi connectivity index (χ0) is 24.7. The average Bonchev–Trinajstić information content (AvgIpc) is 3.48. The molecule has 0 aromatic carbocycles. The molecular weight excluding hydrogens is 482 g/mol. The van der Waals surface area contributed by atoms with E-state index in [1.54, 1.807) is 17.0 Å². The summed E-state index contributed by atoms with van der Waals surface area (Å²) >= 11 is 1.34. The van der Waals surface area contributed by atoms with E-state index in [2.05, 4.69) is 30.0 Å². The maximum atomic E-state index is 12.9. The van der Waals surface area contributed by atoms with Gasteiger partial charge in [0, 0.05) is 22.8 Å². The number of hydrogen-bond acceptors (Lipinski definition) is 11. The Morgan fingerprint density at radius 3 is 3.00 bits per heavy atom. The van der Waals surface area contributed by atoms with E-state index in [0.29, 0.717) is 16.9 Å². The number of nitrogens with zero attached hydrogens (tertiary/aromatic N) is 5. The molecule has 0 spiro atoms. The molecule has 180 valence electrons. The molecule has 3 aromatic heterocycles. The van der Waals surface area contributed by atoms with Crippen LogP contribution in [0.15, 0.2) is 56.2 Å². The van der Waals surface area contributed by atoms with Crippen molar-refractivity contribution in [2.24, 2.45) is 5.16 Å². The number of aromatic nitrogens is 3. The van der Waals surface area contributed by atoms with E-state index < -0.39 is 29.2 Å². The minimum Gasteiger partial charge on any atom is -0.477 e. The van der Waals surface area contributed by atoms with Crippen molar-refractivity contribution < 1.29 is 37.8 Å². The fourth-order valence-electron chi connectivity index (χ4n) is 3.88. The molecule has 1 fully saturated rings. The highest BCUT2D eigenvalue weighted by Gasteiger charge is 2.55. The number of amides is 2. The molecular formula is C20H18N7O7S+. The number of thioether (sulfide) groups is 1. The van der Waals surface area contributed by atoms with Crippen molar-refractivity contribution >= 4 is 52.2 Å². The van der Waals surface area contributed by atoms with Gasteiger partial charge in [0.05, 0.1) is 6.26 Å². The number of fused-ring (bicyclic) bond motifs is 2. The monoisotopic (exact) mass is 500 g/mol. The van der Waals surface area contributed by atoms with Crippen LogP contribution in [-0.2, 0) is 25.8 Å². The third kappa shape index (κ3) is 3.95. The predicted octanol–water partition coefficient (Wildman–Crippen LogP) is -0.525. The SMILES string of the molecule is CON=C(C(=O)NC1C(=O)N2C(C(=O)O)=C(C[n+]3ccc4ccoc4c3)CS[C@H]12)c1noc(N)n1. The molecule has 5 heterocycles. The zero-order valence-corrected chi connectivity index (χ0v) is 18.9. The van der Waals surface area contributed by atoms with Crippen molar-refractivity contribution in [3.8, 4) is 0 Å². The minimum atomic E-state index is -1.23. The maximum absolute atomic E-state index is 12.9. The summed E-state index contributed by atoms with van der Waals surface area (Å²) in [7, 11) is 1.22. The fourth-order valence-corrected chi connectivity index (χ4v) is 5.22. The van der Waals surface area contributed by atoms with Gasteiger partial charge in [-0.2, -0.15) is 9.55 Å². The van der Waals surface area contributed by atoms with Gasteiger partial charge in [0.15, 0.2) is 18.3 Å². The Labute approximate surface area is 200 Å². The van der Waals surface area contributed by atoms with Crippen LogP contribution in [0.2, 0.25) is 0 Å². The summed E-state index contributed by atoms with van der Waals surface area (Å²) in [5.41, 5.74) is 6.15. The summed E-state index contributed by atoms with van der Waals surface area (Å²) in [6.45, 7) is 0.253. The smallest absolute Gasteiger partial charge is 0.352 e. The van der Waals surface area contributed by atoms with Gasteiger partial charge in [-0.3, -0.25) is 14.5 Å². The van der Waals surface area contributed by atoms with Gasteiger partial charge in [0.25, 0.3) is 11.8 Å². The van der Waals surface area contributed by atoms with E-state index in [9.17, 15) is 19.5 Å². The number of carbonyl (C=O) groups excluding carboxylic acids is 2. The Bertz CT molecular complexity index is 1410. The normalized spacial score (nSPS) is 20.0. The van der Waals surface area contributed by atoms with Gasteiger partial charge in [-0.25, -0.2) is 4.79 Å². The molecule has 0 radical (unpaired) electrons. The first-order valence-corrected chi connectivity index (χ1v) is 11.2. The quantitative estimate of drug-likeness (QED) is 0.164. The minimum absolute atomic E-state index is 0.104. The molecule has 35 heavy (non-hydrogen) atoms. The maximum Gasteiger partial charge on any atom is 0.352 e. The Morgan fingerprint density at radius 1 is 1.46 bits per heavy atom. The van der Waals surface area contributed by atoms with Crippen molar-refractivity contribution in [3.05, 3.63) is 47.9 Å². The molecule has 1 saturated heterocycles. The van der Waals surface area contributed by atoms with Gasteiger partial charge in [-0.05, 0) is 6.07 Å². The molecule has 2 amide bonds. The number of nitrogens with one attached hydrogen (secondary N) is 1. The summed E-state index contributed by atoms with van der Waals surface area (Å²) < 4.78 is 11.9. The van der Waals surface area contributed by atoms with Gasteiger partial charge < -0.3 is 29.9 Å². The molecule has 0 bridgehead atoms. The number of anilines is 1. The molecule has 3 aromatic rings. The number of pyridine rings is 1. The third-order valence-corrected chi connectivity index (χ3v) is 6.76. The second-order valence-corrected chi connectivity index (χ2v) is 8.66. The summed E-state index contributed by atoms with van der Waals surface area (Å²) in [5.74, 6) is -2.49. The van der Waals surface area contributed by atoms with Crippen LogP contribution in [0.25, 0.3) is 11.0 Å². The number of β-lactam (4-membered cyclic amide) rings is 1. The number of carboxylic acid groups (broad SMARTS) is 1. The molecule has 2 aliphatic heterocycles. The van der Waals surface area contributed by atoms with Crippen molar-refractivity contribution in [1.82, 2.24) is 20.4 Å². The van der Waals surface area contributed by atoms with E-state index in [1.165, 1.54) is 23.8 Å². The molecule has 15 heteroatoms. The van der Waals surface area contributed by atoms with Gasteiger partial charge in [0.1, 0.15) is 24.2 Å². The first kappa shape index (κ1) is 22.4. The van der Waals surface area contributed by atoms with Gasteiger partial charge >= 0.3 is 12.0 Å². The number of furan rings is 1. The van der Waals surface area contributed by atoms with E-state index in [4.69, 9.17) is 10.2 Å². The molecule has 0 aliphatic carbocycles. The third-order valence-electron chi connectivity index (χ3n) is 5.42. The van der Waals surface area contributed by atoms with Crippen molar-refractivity contribution in [2.45, 2.75) is 18.0 Å². The highest BCUT2D eigenvalue weighted by Crippen LogP contribution is 2.40. The number of oxime groups is 1. The number of nitrogens with two attached hydrogens (primary N) is 1. The van der Waals surface area contributed by atoms with Crippen LogP contribution in [0.4, 0.5) is 6.01 Å². The average molecular weight is 500 g/mol. The molecule has 2 aliphatic rings. The second kappa shape index (κ2) is 8.75. The van der Waals surface area contributed by atoms with Crippen LogP contribution in [0, 0.1) is 0 Å². The molecule has 5 rings (SSSR count). The van der Waals surface area contributed by atoms with Crippen LogP contribution in [-0.4, -0.2) is 67.9 Å². The molecule has 14 nitrogen and oxygen atoms in total. The van der Waals surface area contributed by atoms with Crippen LogP contribution in [0.1, 0.15) is 5.82 Å². The highest BCUT2D eigenvalue weighted by molar-refractivity contribution is 8.00. The van der Waals surface area contributed by atoms with E-state index in [1.807, 2.05) is 18.3 Å². The summed E-state index contributed by atoms with van der Waals surface area (Å²) in [5, 5.41) is 19.9. The Balaban J connectivity index is 1.36. The summed E-state index contributed by atoms with van der Waals surface area (Å²) in [4.78, 5) is 47.4. The van der Waals surface area contributed by atoms with E-state index in [0.717, 1.165) is 5.39 Å². The Morgan fingerprint density at radius 2 is 2.29 bits per heavy atom. The molecule has 1 unspecified atom stereocenters. The van der Waals surface area contributed by atoms with Gasteiger partial charge in [0.2, 0.25) is 17.7 Å². The van der Waals surface area contributed by atoms with Crippen LogP contribution in [0.5, 0.6) is 0 Å². The lowest BCUT2D eigenvalue weighted by Gasteiger charge is -2.49. The number of hydrogen-bond donors (Lipinski definition) is 3. The molecule has 2 atom stereocenters. The number of nitrogen functional groups attached to an aromatic ring is 1. The lowest BCUT2D eigenvalue weighted by Crippen LogP contribution is -2.71. The van der Waals surface area contributed by atoms with E-state index >= 15 is 0 Å². The first-order valence-electron chi connectivity index (χ1n) is 10.1. The van der Waals surface area contributed by atoms with Crippen LogP contribution < -0.4 is 15.6 Å². The highest BCUT2D eigenvalue weighted by atomic mass is 32.2. The fraction of sp³-hybridized carbons (Fsp3) is 0.250. The number of rotatable bonds is 7. The van der Waals surface area contributed by atoms with Gasteiger partial charge in [-0.15, -0.1) is 11.8 Å². The Hall–Kier alpha value is -4.40. The summed E-state index contributed by atoms with van der Waals surface area (Å²) in [6.07, 6.45) is 5.14. The van der Waals surface area contributed by atoms with E-state index in [-0.39, 0.29) is 29.8 Å². The standard InChI is InChI=1S/C20H17N7O7S/c1-32-24-12(15-23-20(21)34-25-15)16(28)22-13-17(29)27-14(19(30)31)10(8-35-18(13)27)6-26-4-2-9-3-5-33-11(9)7-26/h2-5,7,13,18H,6,8H2,1H3,(H3-,21,22,23,25,28,30,31)/p+1/t13?,18-/m1/s1. The number of carbonyl (C=O) groups is 3. The molecule has 0 saturated carbocycles. The topological polar surface area (TPSA) is 190 Å². The predicted molar refractivity (Wildman–Crippen MR) is 118 cm³/mol. The number of carboxylic acids is 1. The van der Waals surface area contributed by atoms with Crippen LogP contribution >= 0.6 is 11.8 Å². The van der Waals surface area contributed by atoms with Crippen molar-refractivity contribution in [1.29, 1.82) is 0 Å². The lowest BCUT2D eigenvalue weighted by atomic mass is 10.0. The second-order valence-electron chi connectivity index (χ2n) is 7.55. The first-order chi connectivity index (χ1) is 16.9. The molecule has 4 N–H and O–H groups in total. The summed E-state index contributed by atoms with van der Waals surface area (Å²) in [6, 6.07) is 2.42. The van der Waals surface area contributed by atoms with Crippen molar-refractivity contribution in [2.75, 3.05) is 18.6 Å². The zero-order valence-electron chi connectivity index (χ0n) is 18.1. The van der Waals surface area contributed by atoms with Crippen LogP contribution in [0.3, 0.4) is 0 Å². The number of aliphatic carboxylic acids is 1. The van der Waals surface area contributed by atoms with Gasteiger partial charge in [-0.1, -0.05) is 10.3 Å². The Kier molecular flexibility index (Phi) is 5.60. The van der Waals surface area contributed by atoms with Crippen molar-refractivity contribution in [3.63, 3.8) is 0 Å². The largest absolute Gasteiger partial charge is 0.477 e. The lowest BCUT2D eigenvalue weighted by molar-refractivity contribution is -0.688.